The van der Waals surface area contributed by atoms with Crippen LogP contribution in [0.4, 0.5) is 9.18 Å². The summed E-state index contributed by atoms with van der Waals surface area (Å²) in [5.41, 5.74) is 1.42. The molecular formula is C18H20FN3O2. The SMILES string of the molecule is O=C(NCc1ncccc1F)N1CCOC(Cc2ccccc2)C1. The lowest BCUT2D eigenvalue weighted by molar-refractivity contribution is -0.0133. The number of aromatic nitrogens is 1. The topological polar surface area (TPSA) is 54.5 Å². The number of amides is 2. The highest BCUT2D eigenvalue weighted by Gasteiger charge is 2.24. The van der Waals surface area contributed by atoms with E-state index in [2.05, 4.69) is 10.3 Å². The van der Waals surface area contributed by atoms with Crippen molar-refractivity contribution in [1.82, 2.24) is 15.2 Å². The summed E-state index contributed by atoms with van der Waals surface area (Å²) in [6, 6.07) is 12.7. The third-order valence-electron chi connectivity index (χ3n) is 3.97. The first kappa shape index (κ1) is 16.4. The van der Waals surface area contributed by atoms with Crippen molar-refractivity contribution >= 4 is 6.03 Å². The zero-order valence-corrected chi connectivity index (χ0v) is 13.3. The van der Waals surface area contributed by atoms with Crippen molar-refractivity contribution in [1.29, 1.82) is 0 Å². The van der Waals surface area contributed by atoms with Gasteiger partial charge in [-0.3, -0.25) is 4.98 Å². The van der Waals surface area contributed by atoms with Crippen LogP contribution in [-0.4, -0.2) is 41.7 Å². The lowest BCUT2D eigenvalue weighted by Crippen LogP contribution is -2.50. The summed E-state index contributed by atoms with van der Waals surface area (Å²) in [7, 11) is 0. The Kier molecular flexibility index (Phi) is 5.38. The number of pyridine rings is 1. The number of halogens is 1. The van der Waals surface area contributed by atoms with E-state index in [4.69, 9.17) is 4.74 Å². The second-order valence-electron chi connectivity index (χ2n) is 5.72. The largest absolute Gasteiger partial charge is 0.374 e. The fourth-order valence-electron chi connectivity index (χ4n) is 2.72. The molecule has 2 aromatic rings. The molecule has 0 radical (unpaired) electrons. The number of rotatable bonds is 4. The zero-order valence-electron chi connectivity index (χ0n) is 13.3. The highest BCUT2D eigenvalue weighted by atomic mass is 19.1. The highest BCUT2D eigenvalue weighted by Crippen LogP contribution is 2.12. The summed E-state index contributed by atoms with van der Waals surface area (Å²) < 4.78 is 19.3. The van der Waals surface area contributed by atoms with E-state index in [0.717, 1.165) is 6.42 Å². The van der Waals surface area contributed by atoms with E-state index in [1.54, 1.807) is 4.90 Å². The molecule has 1 aromatic heterocycles. The normalized spacial score (nSPS) is 17.5. The van der Waals surface area contributed by atoms with E-state index >= 15 is 0 Å². The Labute approximate surface area is 140 Å². The molecule has 1 aliphatic heterocycles. The van der Waals surface area contributed by atoms with Crippen LogP contribution in [0.1, 0.15) is 11.3 Å². The van der Waals surface area contributed by atoms with Crippen molar-refractivity contribution < 1.29 is 13.9 Å². The number of benzene rings is 1. The molecule has 0 bridgehead atoms. The number of hydrogen-bond acceptors (Lipinski definition) is 3. The van der Waals surface area contributed by atoms with Crippen molar-refractivity contribution in [3.05, 3.63) is 65.7 Å². The molecule has 2 heterocycles. The van der Waals surface area contributed by atoms with Crippen LogP contribution in [-0.2, 0) is 17.7 Å². The molecular weight excluding hydrogens is 309 g/mol. The fraction of sp³-hybridized carbons (Fsp3) is 0.333. The zero-order chi connectivity index (χ0) is 16.8. The van der Waals surface area contributed by atoms with Gasteiger partial charge in [-0.15, -0.1) is 0 Å². The first-order valence-electron chi connectivity index (χ1n) is 8.00. The summed E-state index contributed by atoms with van der Waals surface area (Å²) in [5, 5.41) is 2.72. The molecule has 1 saturated heterocycles. The summed E-state index contributed by atoms with van der Waals surface area (Å²) in [6.07, 6.45) is 2.24. The summed E-state index contributed by atoms with van der Waals surface area (Å²) in [4.78, 5) is 17.9. The molecule has 0 spiro atoms. The maximum absolute atomic E-state index is 13.5. The van der Waals surface area contributed by atoms with Crippen LogP contribution < -0.4 is 5.32 Å². The average molecular weight is 329 g/mol. The first-order chi connectivity index (χ1) is 11.7. The number of urea groups is 1. The molecule has 1 fully saturated rings. The highest BCUT2D eigenvalue weighted by molar-refractivity contribution is 5.74. The minimum absolute atomic E-state index is 0.0292. The quantitative estimate of drug-likeness (QED) is 0.937. The molecule has 1 atom stereocenters. The van der Waals surface area contributed by atoms with Gasteiger partial charge in [0.1, 0.15) is 5.82 Å². The summed E-state index contributed by atoms with van der Waals surface area (Å²) in [6.45, 7) is 1.63. The Morgan fingerprint density at radius 2 is 2.12 bits per heavy atom. The van der Waals surface area contributed by atoms with E-state index < -0.39 is 5.82 Å². The minimum atomic E-state index is -0.415. The molecule has 6 heteroatoms. The van der Waals surface area contributed by atoms with Gasteiger partial charge in [0.25, 0.3) is 0 Å². The van der Waals surface area contributed by atoms with Crippen LogP contribution in [0.15, 0.2) is 48.7 Å². The number of carbonyl (C=O) groups is 1. The number of nitrogens with one attached hydrogen (secondary N) is 1. The number of nitrogens with zero attached hydrogens (tertiary/aromatic N) is 2. The van der Waals surface area contributed by atoms with Crippen LogP contribution in [0.25, 0.3) is 0 Å². The van der Waals surface area contributed by atoms with Crippen LogP contribution in [0.5, 0.6) is 0 Å². The lowest BCUT2D eigenvalue weighted by atomic mass is 10.1. The molecule has 0 saturated carbocycles. The maximum Gasteiger partial charge on any atom is 0.317 e. The summed E-state index contributed by atoms with van der Waals surface area (Å²) in [5.74, 6) is -0.415. The van der Waals surface area contributed by atoms with E-state index in [1.807, 2.05) is 30.3 Å². The minimum Gasteiger partial charge on any atom is -0.374 e. The van der Waals surface area contributed by atoms with E-state index in [0.29, 0.717) is 19.7 Å². The Balaban J connectivity index is 1.52. The number of ether oxygens (including phenoxy) is 1. The molecule has 5 nitrogen and oxygen atoms in total. The van der Waals surface area contributed by atoms with Crippen LogP contribution in [0.3, 0.4) is 0 Å². The van der Waals surface area contributed by atoms with Gasteiger partial charge >= 0.3 is 6.03 Å². The number of morpholine rings is 1. The van der Waals surface area contributed by atoms with E-state index in [1.165, 1.54) is 23.9 Å². The van der Waals surface area contributed by atoms with E-state index in [-0.39, 0.29) is 24.4 Å². The van der Waals surface area contributed by atoms with Crippen molar-refractivity contribution in [2.45, 2.75) is 19.1 Å². The lowest BCUT2D eigenvalue weighted by Gasteiger charge is -2.33. The fourth-order valence-corrected chi connectivity index (χ4v) is 2.72. The van der Waals surface area contributed by atoms with Crippen molar-refractivity contribution in [2.75, 3.05) is 19.7 Å². The third-order valence-corrected chi connectivity index (χ3v) is 3.97. The molecule has 2 amide bonds. The van der Waals surface area contributed by atoms with Gasteiger partial charge in [0, 0.05) is 25.7 Å². The Hall–Kier alpha value is -2.47. The Morgan fingerprint density at radius 1 is 1.29 bits per heavy atom. The second kappa shape index (κ2) is 7.88. The predicted molar refractivity (Wildman–Crippen MR) is 87.9 cm³/mol. The smallest absolute Gasteiger partial charge is 0.317 e. The van der Waals surface area contributed by atoms with Crippen molar-refractivity contribution in [3.63, 3.8) is 0 Å². The molecule has 1 N–H and O–H groups in total. The second-order valence-corrected chi connectivity index (χ2v) is 5.72. The Morgan fingerprint density at radius 3 is 2.92 bits per heavy atom. The van der Waals surface area contributed by atoms with Gasteiger partial charge in [0.05, 0.1) is 24.9 Å². The molecule has 0 aliphatic carbocycles. The van der Waals surface area contributed by atoms with Gasteiger partial charge in [0.2, 0.25) is 0 Å². The third kappa shape index (κ3) is 4.29. The van der Waals surface area contributed by atoms with Gasteiger partial charge < -0.3 is 15.0 Å². The molecule has 1 unspecified atom stereocenters. The van der Waals surface area contributed by atoms with Crippen molar-refractivity contribution in [2.24, 2.45) is 0 Å². The van der Waals surface area contributed by atoms with Crippen molar-refractivity contribution in [3.8, 4) is 0 Å². The van der Waals surface area contributed by atoms with Crippen LogP contribution in [0.2, 0.25) is 0 Å². The van der Waals surface area contributed by atoms with Gasteiger partial charge in [-0.25, -0.2) is 9.18 Å². The van der Waals surface area contributed by atoms with Crippen LogP contribution >= 0.6 is 0 Å². The molecule has 1 aromatic carbocycles. The maximum atomic E-state index is 13.5. The van der Waals surface area contributed by atoms with E-state index in [9.17, 15) is 9.18 Å². The molecule has 126 valence electrons. The monoisotopic (exact) mass is 329 g/mol. The van der Waals surface area contributed by atoms with Gasteiger partial charge in [0.15, 0.2) is 0 Å². The number of hydrogen-bond donors (Lipinski definition) is 1. The van der Waals surface area contributed by atoms with Gasteiger partial charge in [-0.05, 0) is 17.7 Å². The van der Waals surface area contributed by atoms with Crippen LogP contribution in [0, 0.1) is 5.82 Å². The van der Waals surface area contributed by atoms with Gasteiger partial charge in [-0.2, -0.15) is 0 Å². The molecule has 24 heavy (non-hydrogen) atoms. The number of carbonyl (C=O) groups excluding carboxylic acids is 1. The first-order valence-corrected chi connectivity index (χ1v) is 8.00. The standard InChI is InChI=1S/C18H20FN3O2/c19-16-7-4-8-20-17(16)12-21-18(23)22-9-10-24-15(13-22)11-14-5-2-1-3-6-14/h1-8,15H,9-13H2,(H,21,23). The molecule has 3 rings (SSSR count). The predicted octanol–water partition coefficient (Wildman–Crippen LogP) is 2.37. The van der Waals surface area contributed by atoms with Gasteiger partial charge in [-0.1, -0.05) is 30.3 Å². The average Bonchev–Trinajstić information content (AvgIpc) is 2.62. The Bertz CT molecular complexity index is 681. The summed E-state index contributed by atoms with van der Waals surface area (Å²) >= 11 is 0. The molecule has 1 aliphatic rings.